The Morgan fingerprint density at radius 1 is 0.357 bits per heavy atom. The van der Waals surface area contributed by atoms with Crippen molar-refractivity contribution in [2.45, 2.75) is 0 Å². The molecular formula is C52H31NO2S. The summed E-state index contributed by atoms with van der Waals surface area (Å²) in [5.41, 5.74) is 11.5. The summed E-state index contributed by atoms with van der Waals surface area (Å²) in [7, 11) is 0. The van der Waals surface area contributed by atoms with Crippen LogP contribution in [0.25, 0.3) is 97.1 Å². The monoisotopic (exact) mass is 733 g/mol. The standard InChI is InChI=1S/C52H31NO2S/c1-2-11-36(12-3-1)53(38-27-28-41-46(30-38)54-45-29-24-34-10-4-5-13-39(34)49(41)45)37-25-22-33(23-26-37)32-18-20-35(21-19-32)43-31-48-51(42-15-7-9-17-47(42)56-48)52-50(43)40-14-6-8-16-44(40)55-52/h1-31H. The van der Waals surface area contributed by atoms with Crippen molar-refractivity contribution in [3.63, 3.8) is 0 Å². The molecule has 0 N–H and O–H groups in total. The number of hydrogen-bond donors (Lipinski definition) is 0. The second-order valence-corrected chi connectivity index (χ2v) is 15.5. The Bertz CT molecular complexity index is 3460. The molecule has 0 saturated carbocycles. The minimum Gasteiger partial charge on any atom is -0.456 e. The molecule has 9 aromatic carbocycles. The van der Waals surface area contributed by atoms with Crippen molar-refractivity contribution in [1.29, 1.82) is 0 Å². The van der Waals surface area contributed by atoms with Gasteiger partial charge < -0.3 is 13.7 Å². The molecule has 0 radical (unpaired) electrons. The lowest BCUT2D eigenvalue weighted by molar-refractivity contribution is 0.669. The summed E-state index contributed by atoms with van der Waals surface area (Å²) in [5.74, 6) is 0. The number of furan rings is 2. The fourth-order valence-corrected chi connectivity index (χ4v) is 9.81. The van der Waals surface area contributed by atoms with Gasteiger partial charge in [-0.2, -0.15) is 0 Å². The summed E-state index contributed by atoms with van der Waals surface area (Å²) < 4.78 is 15.6. The second-order valence-electron chi connectivity index (χ2n) is 14.4. The molecule has 262 valence electrons. The number of rotatable bonds is 5. The number of benzene rings is 9. The zero-order valence-corrected chi connectivity index (χ0v) is 30.9. The highest BCUT2D eigenvalue weighted by molar-refractivity contribution is 7.26. The molecule has 0 bridgehead atoms. The molecule has 4 heteroatoms. The van der Waals surface area contributed by atoms with Gasteiger partial charge in [0, 0.05) is 64.8 Å². The number of anilines is 3. The molecule has 3 nitrogen and oxygen atoms in total. The molecule has 3 aromatic heterocycles. The van der Waals surface area contributed by atoms with Crippen molar-refractivity contribution in [3.8, 4) is 22.3 Å². The van der Waals surface area contributed by atoms with Gasteiger partial charge in [-0.15, -0.1) is 11.3 Å². The van der Waals surface area contributed by atoms with Crippen molar-refractivity contribution in [3.05, 3.63) is 188 Å². The zero-order valence-electron chi connectivity index (χ0n) is 30.1. The van der Waals surface area contributed by atoms with Gasteiger partial charge in [0.05, 0.1) is 0 Å². The van der Waals surface area contributed by atoms with Gasteiger partial charge in [0.1, 0.15) is 22.3 Å². The molecule has 0 aliphatic heterocycles. The first-order valence-corrected chi connectivity index (χ1v) is 19.7. The summed E-state index contributed by atoms with van der Waals surface area (Å²) >= 11 is 1.83. The van der Waals surface area contributed by atoms with Gasteiger partial charge in [0.2, 0.25) is 0 Å². The number of hydrogen-bond acceptors (Lipinski definition) is 4. The van der Waals surface area contributed by atoms with Crippen LogP contribution in [0.5, 0.6) is 0 Å². The van der Waals surface area contributed by atoms with Crippen LogP contribution >= 0.6 is 11.3 Å². The Morgan fingerprint density at radius 2 is 1.00 bits per heavy atom. The van der Waals surface area contributed by atoms with Crippen molar-refractivity contribution in [2.75, 3.05) is 4.90 Å². The summed E-state index contributed by atoms with van der Waals surface area (Å²) in [6, 6.07) is 67.1. The maximum absolute atomic E-state index is 6.63. The molecular weight excluding hydrogens is 703 g/mol. The third kappa shape index (κ3) is 4.76. The summed E-state index contributed by atoms with van der Waals surface area (Å²) in [6.45, 7) is 0. The maximum atomic E-state index is 6.63. The van der Waals surface area contributed by atoms with Crippen LogP contribution in [0.1, 0.15) is 0 Å². The predicted molar refractivity (Wildman–Crippen MR) is 237 cm³/mol. The SMILES string of the molecule is c1ccc(N(c2ccc(-c3ccc(-c4cc5sc6ccccc6c5c5oc6ccccc6c45)cc3)cc2)c2ccc3c(c2)oc2ccc4ccccc4c23)cc1. The predicted octanol–water partition coefficient (Wildman–Crippen LogP) is 15.8. The second kappa shape index (κ2) is 12.2. The molecule has 3 heterocycles. The van der Waals surface area contributed by atoms with E-state index >= 15 is 0 Å². The normalized spacial score (nSPS) is 11.9. The van der Waals surface area contributed by atoms with Crippen LogP contribution in [0.15, 0.2) is 197 Å². The highest BCUT2D eigenvalue weighted by atomic mass is 32.1. The van der Waals surface area contributed by atoms with Crippen LogP contribution in [-0.2, 0) is 0 Å². The number of thiophene rings is 1. The van der Waals surface area contributed by atoms with E-state index in [4.69, 9.17) is 8.83 Å². The van der Waals surface area contributed by atoms with Crippen molar-refractivity contribution < 1.29 is 8.83 Å². The summed E-state index contributed by atoms with van der Waals surface area (Å²) in [6.07, 6.45) is 0. The summed E-state index contributed by atoms with van der Waals surface area (Å²) in [4.78, 5) is 2.29. The third-order valence-electron chi connectivity index (χ3n) is 11.3. The van der Waals surface area contributed by atoms with E-state index in [1.54, 1.807) is 0 Å². The van der Waals surface area contributed by atoms with E-state index in [1.165, 1.54) is 53.0 Å². The minimum absolute atomic E-state index is 0.874. The summed E-state index contributed by atoms with van der Waals surface area (Å²) in [5, 5.41) is 9.47. The van der Waals surface area contributed by atoms with E-state index in [1.807, 2.05) is 17.4 Å². The molecule has 0 amide bonds. The molecule has 0 fully saturated rings. The first-order chi connectivity index (χ1) is 27.7. The Balaban J connectivity index is 0.927. The van der Waals surface area contributed by atoms with Crippen molar-refractivity contribution >= 4 is 103 Å². The average molecular weight is 734 g/mol. The molecule has 0 unspecified atom stereocenters. The number of fused-ring (bicyclic) bond motifs is 12. The molecule has 0 atom stereocenters. The molecule has 0 saturated heterocycles. The number of nitrogens with zero attached hydrogens (tertiary/aromatic N) is 1. The van der Waals surface area contributed by atoms with Crippen LogP contribution in [-0.4, -0.2) is 0 Å². The van der Waals surface area contributed by atoms with Gasteiger partial charge in [-0.25, -0.2) is 0 Å². The van der Waals surface area contributed by atoms with Gasteiger partial charge in [0.15, 0.2) is 0 Å². The van der Waals surface area contributed by atoms with Gasteiger partial charge in [-0.3, -0.25) is 0 Å². The first-order valence-electron chi connectivity index (χ1n) is 18.9. The largest absolute Gasteiger partial charge is 0.456 e. The highest BCUT2D eigenvalue weighted by Crippen LogP contribution is 2.47. The van der Waals surface area contributed by atoms with Gasteiger partial charge in [0.25, 0.3) is 0 Å². The molecule has 12 rings (SSSR count). The highest BCUT2D eigenvalue weighted by Gasteiger charge is 2.20. The number of para-hydroxylation sites is 2. The zero-order chi connectivity index (χ0) is 36.7. The molecule has 0 aliphatic carbocycles. The Morgan fingerprint density at radius 3 is 1.84 bits per heavy atom. The Hall–Kier alpha value is -7.14. The van der Waals surface area contributed by atoms with Crippen molar-refractivity contribution in [1.82, 2.24) is 0 Å². The molecule has 0 spiro atoms. The lowest BCUT2D eigenvalue weighted by atomic mass is 9.95. The molecule has 0 aliphatic rings. The van der Waals surface area contributed by atoms with E-state index in [-0.39, 0.29) is 0 Å². The van der Waals surface area contributed by atoms with Gasteiger partial charge in [-0.1, -0.05) is 121 Å². The molecule has 12 aromatic rings. The van der Waals surface area contributed by atoms with Gasteiger partial charge in [-0.05, 0) is 93.7 Å². The third-order valence-corrected chi connectivity index (χ3v) is 12.4. The quantitative estimate of drug-likeness (QED) is 0.176. The Kier molecular flexibility index (Phi) is 6.80. The minimum atomic E-state index is 0.874. The van der Waals surface area contributed by atoms with E-state index < -0.39 is 0 Å². The van der Waals surface area contributed by atoms with Gasteiger partial charge >= 0.3 is 0 Å². The van der Waals surface area contributed by atoms with Crippen LogP contribution in [0.3, 0.4) is 0 Å². The van der Waals surface area contributed by atoms with E-state index in [0.29, 0.717) is 0 Å². The van der Waals surface area contributed by atoms with E-state index in [2.05, 4.69) is 187 Å². The first kappa shape index (κ1) is 31.2. The molecule has 56 heavy (non-hydrogen) atoms. The fourth-order valence-electron chi connectivity index (χ4n) is 8.66. The fraction of sp³-hybridized carbons (Fsp3) is 0. The lowest BCUT2D eigenvalue weighted by Gasteiger charge is -2.25. The van der Waals surface area contributed by atoms with Crippen LogP contribution < -0.4 is 4.90 Å². The topological polar surface area (TPSA) is 29.5 Å². The average Bonchev–Trinajstić information content (AvgIpc) is 3.95. The van der Waals surface area contributed by atoms with Crippen LogP contribution in [0.2, 0.25) is 0 Å². The smallest absolute Gasteiger partial charge is 0.145 e. The Labute approximate surface area is 325 Å². The van der Waals surface area contributed by atoms with Crippen LogP contribution in [0, 0.1) is 0 Å². The lowest BCUT2D eigenvalue weighted by Crippen LogP contribution is -2.09. The maximum Gasteiger partial charge on any atom is 0.145 e. The van der Waals surface area contributed by atoms with Crippen molar-refractivity contribution in [2.24, 2.45) is 0 Å². The van der Waals surface area contributed by atoms with E-state index in [0.717, 1.165) is 61.1 Å². The van der Waals surface area contributed by atoms with E-state index in [9.17, 15) is 0 Å². The van der Waals surface area contributed by atoms with Crippen LogP contribution in [0.4, 0.5) is 17.1 Å².